The average Bonchev–Trinajstić information content (AvgIpc) is 3.19. The van der Waals surface area contributed by atoms with Gasteiger partial charge in [0, 0.05) is 41.4 Å². The van der Waals surface area contributed by atoms with Gasteiger partial charge >= 0.3 is 0 Å². The van der Waals surface area contributed by atoms with E-state index in [9.17, 15) is 18.4 Å². The fourth-order valence-corrected chi connectivity index (χ4v) is 4.70. The monoisotopic (exact) mass is 500 g/mol. The Morgan fingerprint density at radius 1 is 1.09 bits per heavy atom. The van der Waals surface area contributed by atoms with Gasteiger partial charge in [0.1, 0.15) is 5.84 Å². The Kier molecular flexibility index (Phi) is 10.2. The second-order valence-electron chi connectivity index (χ2n) is 8.54. The lowest BCUT2D eigenvalue weighted by atomic mass is 9.83. The Hall–Kier alpha value is -2.98. The molecule has 9 nitrogen and oxygen atoms in total. The Bertz CT molecular complexity index is 1170. The third kappa shape index (κ3) is 6.79. The Balaban J connectivity index is 2.17. The van der Waals surface area contributed by atoms with Crippen molar-refractivity contribution >= 4 is 50.8 Å². The summed E-state index contributed by atoms with van der Waals surface area (Å²) in [6, 6.07) is 7.71. The van der Waals surface area contributed by atoms with Crippen LogP contribution in [0.2, 0.25) is 0 Å². The van der Waals surface area contributed by atoms with Crippen molar-refractivity contribution < 1.29 is 18.4 Å². The molecule has 0 fully saturated rings. The van der Waals surface area contributed by atoms with E-state index in [1.54, 1.807) is 6.92 Å². The number of hydrogen-bond donors (Lipinski definition) is 4. The van der Waals surface area contributed by atoms with E-state index in [0.717, 1.165) is 23.1 Å². The van der Waals surface area contributed by atoms with Crippen molar-refractivity contribution in [2.45, 2.75) is 59.4 Å². The molecule has 0 bridgehead atoms. The van der Waals surface area contributed by atoms with Crippen LogP contribution in [0, 0.1) is 28.1 Å². The first kappa shape index (κ1) is 28.3. The van der Waals surface area contributed by atoms with Gasteiger partial charge in [0.05, 0.1) is 17.3 Å². The molecule has 0 aliphatic rings. The van der Waals surface area contributed by atoms with E-state index in [0.29, 0.717) is 24.8 Å². The number of carbonyl (C=O) groups excluding carboxylic acids is 2. The number of nitrogens with two attached hydrogens (primary N) is 1. The third-order valence-corrected chi connectivity index (χ3v) is 6.94. The molecule has 1 unspecified atom stereocenters. The number of aromatic nitrogens is 1. The molecule has 0 saturated heterocycles. The van der Waals surface area contributed by atoms with Crippen molar-refractivity contribution in [3.8, 4) is 0 Å². The summed E-state index contributed by atoms with van der Waals surface area (Å²) in [5.41, 5.74) is 7.81. The van der Waals surface area contributed by atoms with Gasteiger partial charge in [-0.3, -0.25) is 19.2 Å². The molecule has 1 heterocycles. The predicted octanol–water partition coefficient (Wildman–Crippen LogP) is 3.38. The van der Waals surface area contributed by atoms with E-state index in [2.05, 4.69) is 10.6 Å². The average molecular weight is 501 g/mol. The Labute approximate surface area is 208 Å². The van der Waals surface area contributed by atoms with Gasteiger partial charge in [-0.15, -0.1) is 0 Å². The van der Waals surface area contributed by atoms with E-state index in [4.69, 9.17) is 22.0 Å². The minimum atomic E-state index is -2.39. The molecule has 190 valence electrons. The summed E-state index contributed by atoms with van der Waals surface area (Å²) < 4.78 is 23.6. The second kappa shape index (κ2) is 12.6. The van der Waals surface area contributed by atoms with Gasteiger partial charge in [-0.1, -0.05) is 37.1 Å². The zero-order valence-corrected chi connectivity index (χ0v) is 21.3. The first-order valence-electron chi connectivity index (χ1n) is 11.8. The maximum absolute atomic E-state index is 13.1. The van der Waals surface area contributed by atoms with Crippen molar-refractivity contribution in [3.05, 3.63) is 35.5 Å². The van der Waals surface area contributed by atoms with Crippen LogP contribution in [0.25, 0.3) is 10.9 Å². The fourth-order valence-electron chi connectivity index (χ4n) is 4.35. The maximum Gasteiger partial charge on any atom is 0.185 e. The van der Waals surface area contributed by atoms with E-state index in [-0.39, 0.29) is 36.1 Å². The number of Topliss-reactive ketones (excluding diaryl/α,β-unsaturated/α-hetero) is 2. The van der Waals surface area contributed by atoms with Crippen LogP contribution in [0.4, 0.5) is 0 Å². The summed E-state index contributed by atoms with van der Waals surface area (Å²) in [4.78, 5) is 25.3. The number of hydrogen-bond acceptors (Lipinski definition) is 7. The molecule has 1 aromatic heterocycles. The number of ketones is 2. The van der Waals surface area contributed by atoms with E-state index >= 15 is 0 Å². The zero-order chi connectivity index (χ0) is 26.3. The van der Waals surface area contributed by atoms with Gasteiger partial charge in [0.25, 0.3) is 0 Å². The minimum Gasteiger partial charge on any atom is -0.772 e. The highest BCUT2D eigenvalue weighted by Crippen LogP contribution is 2.25. The number of amidine groups is 1. The topological polar surface area (TPSA) is 177 Å². The predicted molar refractivity (Wildman–Crippen MR) is 138 cm³/mol. The van der Waals surface area contributed by atoms with Crippen LogP contribution in [0.5, 0.6) is 0 Å². The number of nitrogen functional groups attached to an aromatic ring is 1. The molecular formula is C25H34N5O4S-. The number of benzene rings is 1. The van der Waals surface area contributed by atoms with Crippen LogP contribution in [0.15, 0.2) is 24.3 Å². The molecule has 0 amide bonds. The molecule has 0 aliphatic heterocycles. The highest BCUT2D eigenvalue weighted by Gasteiger charge is 2.31. The molecular weight excluding hydrogens is 466 g/mol. The lowest BCUT2D eigenvalue weighted by Crippen LogP contribution is -2.36. The minimum absolute atomic E-state index is 0.00567. The molecule has 2 rings (SSSR count). The van der Waals surface area contributed by atoms with Gasteiger partial charge in [-0.05, 0) is 50.1 Å². The summed E-state index contributed by atoms with van der Waals surface area (Å²) >= 11 is -2.39. The molecule has 10 heteroatoms. The van der Waals surface area contributed by atoms with Crippen molar-refractivity contribution in [1.82, 2.24) is 4.57 Å². The second-order valence-corrected chi connectivity index (χ2v) is 9.56. The molecule has 0 aliphatic carbocycles. The standard InChI is InChI=1S/C25H35N5O4S/c1-4-15(22(26)24(32)19(5-2)23(27)21(31)11-12-35(33)34)9-10-18-13-16-7-8-17(25(28)29)14-20(16)30(18)6-3/h7-8,13-15,19,26-27H,4-6,9-12H2,1-3H3,(H3,28,29)(H,33,34)/p-1/t15-,19+/m0/s1. The number of carbonyl (C=O) groups is 2. The summed E-state index contributed by atoms with van der Waals surface area (Å²) in [6.07, 6.45) is 1.62. The van der Waals surface area contributed by atoms with Gasteiger partial charge in [-0.25, -0.2) is 0 Å². The van der Waals surface area contributed by atoms with E-state index < -0.39 is 34.3 Å². The summed E-state index contributed by atoms with van der Waals surface area (Å²) in [7, 11) is 0. The molecule has 0 spiro atoms. The van der Waals surface area contributed by atoms with Crippen LogP contribution >= 0.6 is 0 Å². The molecule has 1 aromatic carbocycles. The largest absolute Gasteiger partial charge is 0.772 e. The molecule has 0 radical (unpaired) electrons. The van der Waals surface area contributed by atoms with Gasteiger partial charge in [0.2, 0.25) is 0 Å². The van der Waals surface area contributed by atoms with Crippen molar-refractivity contribution in [3.63, 3.8) is 0 Å². The SMILES string of the molecule is CC[C@@H](CCc1cc2ccc(C(=N)N)cc2n1CC)C(=N)C(=O)[C@H](CC)C(=N)C(=O)CCS(=O)[O-]. The fraction of sp³-hybridized carbons (Fsp3) is 0.480. The molecule has 2 aromatic rings. The summed E-state index contributed by atoms with van der Waals surface area (Å²) in [5.74, 6) is -2.96. The first-order valence-corrected chi connectivity index (χ1v) is 13.1. The Morgan fingerprint density at radius 3 is 2.31 bits per heavy atom. The number of rotatable bonds is 15. The normalized spacial score (nSPS) is 13.8. The van der Waals surface area contributed by atoms with Crippen LogP contribution < -0.4 is 5.73 Å². The van der Waals surface area contributed by atoms with E-state index in [1.807, 2.05) is 32.0 Å². The van der Waals surface area contributed by atoms with Crippen LogP contribution in [-0.4, -0.2) is 47.9 Å². The first-order chi connectivity index (χ1) is 16.5. The van der Waals surface area contributed by atoms with E-state index in [1.165, 1.54) is 0 Å². The molecule has 0 saturated carbocycles. The lowest BCUT2D eigenvalue weighted by Gasteiger charge is -2.20. The van der Waals surface area contributed by atoms with Gasteiger partial charge < -0.3 is 25.7 Å². The maximum atomic E-state index is 13.1. The van der Waals surface area contributed by atoms with Crippen LogP contribution in [-0.2, 0) is 33.6 Å². The lowest BCUT2D eigenvalue weighted by molar-refractivity contribution is -0.117. The van der Waals surface area contributed by atoms with Crippen molar-refractivity contribution in [1.29, 1.82) is 16.2 Å². The number of nitrogens with one attached hydrogen (secondary N) is 3. The van der Waals surface area contributed by atoms with Crippen molar-refractivity contribution in [2.24, 2.45) is 17.6 Å². The van der Waals surface area contributed by atoms with Crippen molar-refractivity contribution in [2.75, 3.05) is 5.75 Å². The highest BCUT2D eigenvalue weighted by molar-refractivity contribution is 7.79. The summed E-state index contributed by atoms with van der Waals surface area (Å²) in [5, 5.41) is 25.4. The number of aryl methyl sites for hydroxylation is 2. The van der Waals surface area contributed by atoms with Gasteiger partial charge in [0.15, 0.2) is 11.6 Å². The zero-order valence-electron chi connectivity index (χ0n) is 20.5. The third-order valence-electron chi connectivity index (χ3n) is 6.40. The number of nitrogens with zero attached hydrogens (tertiary/aromatic N) is 1. The molecule has 35 heavy (non-hydrogen) atoms. The quantitative estimate of drug-likeness (QED) is 0.166. The van der Waals surface area contributed by atoms with Crippen LogP contribution in [0.3, 0.4) is 0 Å². The van der Waals surface area contributed by atoms with Gasteiger partial charge in [-0.2, -0.15) is 0 Å². The highest BCUT2D eigenvalue weighted by atomic mass is 32.2. The Morgan fingerprint density at radius 2 is 1.77 bits per heavy atom. The summed E-state index contributed by atoms with van der Waals surface area (Å²) in [6.45, 7) is 6.34. The smallest absolute Gasteiger partial charge is 0.185 e. The number of fused-ring (bicyclic) bond motifs is 1. The molecule has 3 atom stereocenters. The van der Waals surface area contributed by atoms with Crippen LogP contribution in [0.1, 0.15) is 57.7 Å². The molecule has 5 N–H and O–H groups in total.